The van der Waals surface area contributed by atoms with Crippen LogP contribution in [-0.2, 0) is 4.74 Å². The van der Waals surface area contributed by atoms with Crippen molar-refractivity contribution >= 4 is 40.4 Å². The Morgan fingerprint density at radius 1 is 1.21 bits per heavy atom. The van der Waals surface area contributed by atoms with Crippen LogP contribution in [0.2, 0.25) is 5.02 Å². The van der Waals surface area contributed by atoms with Gasteiger partial charge in [0, 0.05) is 30.7 Å². The molecule has 38 heavy (non-hydrogen) atoms. The molecule has 13 heteroatoms. The smallest absolute Gasteiger partial charge is 0.296 e. The van der Waals surface area contributed by atoms with Gasteiger partial charge >= 0.3 is 0 Å². The number of anilines is 2. The van der Waals surface area contributed by atoms with Crippen LogP contribution in [0.25, 0.3) is 17.0 Å². The van der Waals surface area contributed by atoms with Crippen molar-refractivity contribution in [3.63, 3.8) is 0 Å². The SMILES string of the molecule is C[C@@H]1OCC2(CCN(c3cnc4on(-c5cccc(NC(=O)c6ccccn6)c5Cl)o[nH]c4n3)CC2)[C@@H]1N. The minimum atomic E-state index is -0.396. The molecule has 2 aliphatic rings. The number of aromatic amines is 1. The van der Waals surface area contributed by atoms with Crippen LogP contribution in [0.3, 0.4) is 0 Å². The first kappa shape index (κ1) is 24.5. The highest BCUT2D eigenvalue weighted by atomic mass is 35.5. The molecular weight excluding hydrogens is 512 g/mol. The van der Waals surface area contributed by atoms with Gasteiger partial charge in [0.1, 0.15) is 17.2 Å². The third-order valence-corrected chi connectivity index (χ3v) is 7.77. The molecule has 1 amide bonds. The van der Waals surface area contributed by atoms with Crippen molar-refractivity contribution in [2.75, 3.05) is 29.9 Å². The molecule has 2 fully saturated rings. The first-order chi connectivity index (χ1) is 18.4. The predicted molar refractivity (Wildman–Crippen MR) is 140 cm³/mol. The first-order valence-corrected chi connectivity index (χ1v) is 12.7. The van der Waals surface area contributed by atoms with Gasteiger partial charge in [-0.3, -0.25) is 14.4 Å². The Bertz CT molecular complexity index is 1500. The quantitative estimate of drug-likeness (QED) is 0.353. The number of amides is 1. The van der Waals surface area contributed by atoms with E-state index in [0.29, 0.717) is 29.4 Å². The van der Waals surface area contributed by atoms with Crippen molar-refractivity contribution in [2.45, 2.75) is 31.9 Å². The number of nitrogens with zero attached hydrogens (tertiary/aromatic N) is 5. The number of piperidine rings is 1. The predicted octanol–water partition coefficient (Wildman–Crippen LogP) is 3.69. The summed E-state index contributed by atoms with van der Waals surface area (Å²) in [5, 5.41) is 5.73. The van der Waals surface area contributed by atoms with Crippen molar-refractivity contribution in [3.8, 4) is 5.69 Å². The molecular formula is C25H27ClN8O4. The standard InChI is InChI=1S/C25H27ClN8O4/c1-15-21(27)25(14-36-15)8-11-33(12-9-25)19-13-29-24-22(31-19)32-38-34(37-24)18-7-4-6-16(20(18)26)30-23(35)17-5-2-3-10-28-17/h2-7,10,13,15,21H,8-9,11-12,14,27H2,1H3,(H,30,35)(H,31,32)/t15-,21+/m0/s1. The van der Waals surface area contributed by atoms with E-state index in [1.54, 1.807) is 48.8 Å². The number of H-pyrrole nitrogens is 1. The molecule has 5 heterocycles. The lowest BCUT2D eigenvalue weighted by molar-refractivity contribution is 0.0713. The number of pyridine rings is 1. The second-order valence-corrected chi connectivity index (χ2v) is 10.0. The molecule has 6 rings (SSSR count). The lowest BCUT2D eigenvalue weighted by Gasteiger charge is -2.41. The van der Waals surface area contributed by atoms with Crippen LogP contribution in [0.4, 0.5) is 11.5 Å². The summed E-state index contributed by atoms with van der Waals surface area (Å²) in [5.74, 6) is 0.317. The maximum Gasteiger partial charge on any atom is 0.296 e. The Hall–Kier alpha value is -3.87. The summed E-state index contributed by atoms with van der Waals surface area (Å²) in [5.41, 5.74) is 7.99. The average molecular weight is 539 g/mol. The molecule has 0 unspecified atom stereocenters. The fraction of sp³-hybridized carbons (Fsp3) is 0.360. The van der Waals surface area contributed by atoms with Crippen LogP contribution < -0.4 is 16.0 Å². The number of ether oxygens (including phenoxy) is 1. The molecule has 2 atom stereocenters. The van der Waals surface area contributed by atoms with Crippen LogP contribution in [-0.4, -0.2) is 62.8 Å². The van der Waals surface area contributed by atoms with E-state index in [1.165, 1.54) is 0 Å². The van der Waals surface area contributed by atoms with Crippen molar-refractivity contribution in [1.82, 2.24) is 25.0 Å². The number of halogens is 1. The third kappa shape index (κ3) is 4.40. The first-order valence-electron chi connectivity index (χ1n) is 12.3. The fourth-order valence-corrected chi connectivity index (χ4v) is 5.27. The summed E-state index contributed by atoms with van der Waals surface area (Å²) in [7, 11) is 0. The number of hydrogen-bond acceptors (Lipinski definition) is 9. The maximum absolute atomic E-state index is 12.5. The Morgan fingerprint density at radius 2 is 2.05 bits per heavy atom. The molecule has 198 valence electrons. The van der Waals surface area contributed by atoms with Gasteiger partial charge in [-0.2, -0.15) is 5.16 Å². The van der Waals surface area contributed by atoms with E-state index in [1.807, 2.05) is 6.92 Å². The number of carbonyl (C=O) groups is 1. The Balaban J connectivity index is 1.21. The topological polar surface area (TPSA) is 153 Å². The monoisotopic (exact) mass is 538 g/mol. The molecule has 4 N–H and O–H groups in total. The van der Waals surface area contributed by atoms with Gasteiger partial charge in [0.05, 0.1) is 29.6 Å². The van der Waals surface area contributed by atoms with Crippen LogP contribution in [0.5, 0.6) is 0 Å². The summed E-state index contributed by atoms with van der Waals surface area (Å²) in [6.45, 7) is 4.35. The van der Waals surface area contributed by atoms with Crippen LogP contribution >= 0.6 is 11.6 Å². The minimum absolute atomic E-state index is 0.0212. The summed E-state index contributed by atoms with van der Waals surface area (Å²) >= 11 is 6.57. The average Bonchev–Trinajstić information content (AvgIpc) is 3.23. The van der Waals surface area contributed by atoms with Gasteiger partial charge < -0.3 is 25.2 Å². The molecule has 3 aromatic heterocycles. The summed E-state index contributed by atoms with van der Waals surface area (Å²) in [4.78, 5) is 28.9. The highest BCUT2D eigenvalue weighted by Gasteiger charge is 2.47. The van der Waals surface area contributed by atoms with Crippen LogP contribution in [0, 0.1) is 5.41 Å². The van der Waals surface area contributed by atoms with E-state index in [2.05, 4.69) is 30.3 Å². The zero-order valence-corrected chi connectivity index (χ0v) is 21.4. The Morgan fingerprint density at radius 3 is 2.79 bits per heavy atom. The number of hydrogen-bond donors (Lipinski definition) is 3. The zero-order valence-electron chi connectivity index (χ0n) is 20.6. The molecule has 1 spiro atoms. The number of nitrogens with one attached hydrogen (secondary N) is 2. The summed E-state index contributed by atoms with van der Waals surface area (Å²) < 4.78 is 17.2. The van der Waals surface area contributed by atoms with E-state index in [9.17, 15) is 4.79 Å². The normalized spacial score (nSPS) is 20.7. The second-order valence-electron chi connectivity index (χ2n) is 9.62. The van der Waals surface area contributed by atoms with Crippen molar-refractivity contribution in [2.24, 2.45) is 11.1 Å². The van der Waals surface area contributed by atoms with E-state index in [0.717, 1.165) is 30.8 Å². The van der Waals surface area contributed by atoms with Gasteiger partial charge in [-0.1, -0.05) is 23.7 Å². The second kappa shape index (κ2) is 9.78. The number of aromatic nitrogens is 5. The molecule has 1 aromatic carbocycles. The molecule has 2 saturated heterocycles. The molecule has 0 saturated carbocycles. The van der Waals surface area contributed by atoms with Crippen molar-refractivity contribution in [1.29, 1.82) is 0 Å². The summed E-state index contributed by atoms with van der Waals surface area (Å²) in [6, 6.07) is 10.2. The van der Waals surface area contributed by atoms with Crippen LogP contribution in [0.15, 0.2) is 57.9 Å². The molecule has 0 bridgehead atoms. The number of fused-ring (bicyclic) bond motifs is 1. The van der Waals surface area contributed by atoms with E-state index in [4.69, 9.17) is 31.2 Å². The lowest BCUT2D eigenvalue weighted by Crippen LogP contribution is -2.50. The molecule has 4 aromatic rings. The fourth-order valence-electron chi connectivity index (χ4n) is 5.03. The summed E-state index contributed by atoms with van der Waals surface area (Å²) in [6.07, 6.45) is 5.15. The molecule has 0 aliphatic carbocycles. The van der Waals surface area contributed by atoms with Gasteiger partial charge in [0.15, 0.2) is 0 Å². The Labute approximate surface area is 222 Å². The van der Waals surface area contributed by atoms with Crippen molar-refractivity contribution in [3.05, 3.63) is 59.5 Å². The van der Waals surface area contributed by atoms with Crippen molar-refractivity contribution < 1.29 is 18.7 Å². The number of rotatable bonds is 4. The van der Waals surface area contributed by atoms with Gasteiger partial charge in [-0.05, 0) is 48.9 Å². The van der Waals surface area contributed by atoms with Gasteiger partial charge in [0.25, 0.3) is 11.6 Å². The van der Waals surface area contributed by atoms with Gasteiger partial charge in [0.2, 0.25) is 5.65 Å². The van der Waals surface area contributed by atoms with E-state index in [-0.39, 0.29) is 34.0 Å². The zero-order chi connectivity index (χ0) is 26.3. The molecule has 0 radical (unpaired) electrons. The lowest BCUT2D eigenvalue weighted by atomic mass is 9.73. The van der Waals surface area contributed by atoms with Gasteiger partial charge in [-0.15, -0.1) is 0 Å². The maximum atomic E-state index is 12.5. The molecule has 2 aliphatic heterocycles. The third-order valence-electron chi connectivity index (χ3n) is 7.37. The highest BCUT2D eigenvalue weighted by Crippen LogP contribution is 2.41. The van der Waals surface area contributed by atoms with E-state index >= 15 is 0 Å². The van der Waals surface area contributed by atoms with Gasteiger partial charge in [-0.25, -0.2) is 9.97 Å². The van der Waals surface area contributed by atoms with Crippen LogP contribution in [0.1, 0.15) is 30.3 Å². The number of carbonyl (C=O) groups excluding carboxylic acids is 1. The molecule has 12 nitrogen and oxygen atoms in total. The largest absolute Gasteiger partial charge is 0.376 e. The minimum Gasteiger partial charge on any atom is -0.376 e. The number of nitrogens with two attached hydrogens (primary N) is 1. The highest BCUT2D eigenvalue weighted by molar-refractivity contribution is 6.35. The number of benzene rings is 1. The van der Waals surface area contributed by atoms with E-state index < -0.39 is 5.91 Å². The Kier molecular flexibility index (Phi) is 6.30.